The maximum Gasteiger partial charge on any atom is 0.264 e. The topological polar surface area (TPSA) is 86.8 Å². The van der Waals surface area contributed by atoms with Gasteiger partial charge in [-0.2, -0.15) is 0 Å². The third-order valence-electron chi connectivity index (χ3n) is 6.25. The van der Waals surface area contributed by atoms with E-state index in [1.165, 1.54) is 11.0 Å². The van der Waals surface area contributed by atoms with Crippen molar-refractivity contribution in [1.82, 2.24) is 10.2 Å². The Balaban J connectivity index is 2.02. The smallest absolute Gasteiger partial charge is 0.264 e. The zero-order chi connectivity index (χ0) is 28.7. The molecule has 2 amide bonds. The van der Waals surface area contributed by atoms with Crippen LogP contribution in [0.15, 0.2) is 77.7 Å². The molecule has 208 valence electrons. The number of hydrogen-bond acceptors (Lipinski definition) is 4. The van der Waals surface area contributed by atoms with E-state index < -0.39 is 40.2 Å². The summed E-state index contributed by atoms with van der Waals surface area (Å²) in [6, 6.07) is 16.1. The average molecular weight is 595 g/mol. The fraction of sp³-hybridized carbons (Fsp3) is 0.286. The molecule has 3 rings (SSSR count). The Bertz CT molecular complexity index is 1410. The van der Waals surface area contributed by atoms with Crippen LogP contribution in [0.25, 0.3) is 0 Å². The minimum atomic E-state index is -4.28. The van der Waals surface area contributed by atoms with Crippen LogP contribution >= 0.6 is 23.2 Å². The van der Waals surface area contributed by atoms with Crippen molar-refractivity contribution >= 4 is 50.7 Å². The first-order chi connectivity index (χ1) is 18.4. The molecule has 0 saturated carbocycles. The van der Waals surface area contributed by atoms with E-state index in [1.54, 1.807) is 49.4 Å². The fourth-order valence-electron chi connectivity index (χ4n) is 3.74. The van der Waals surface area contributed by atoms with Gasteiger partial charge < -0.3 is 10.2 Å². The van der Waals surface area contributed by atoms with Crippen molar-refractivity contribution in [2.45, 2.75) is 50.7 Å². The maximum atomic E-state index is 13.9. The van der Waals surface area contributed by atoms with Gasteiger partial charge in [-0.25, -0.2) is 12.8 Å². The van der Waals surface area contributed by atoms with Crippen molar-refractivity contribution in [2.24, 2.45) is 0 Å². The Labute approximate surface area is 238 Å². The zero-order valence-electron chi connectivity index (χ0n) is 21.8. The lowest BCUT2D eigenvalue weighted by Gasteiger charge is -2.32. The monoisotopic (exact) mass is 593 g/mol. The molecule has 0 heterocycles. The van der Waals surface area contributed by atoms with Crippen molar-refractivity contribution in [3.05, 3.63) is 94.2 Å². The van der Waals surface area contributed by atoms with E-state index in [0.717, 1.165) is 28.6 Å². The molecule has 7 nitrogen and oxygen atoms in total. The summed E-state index contributed by atoms with van der Waals surface area (Å²) in [6.45, 7) is 4.66. The minimum Gasteiger partial charge on any atom is -0.352 e. The lowest BCUT2D eigenvalue weighted by molar-refractivity contribution is -0.139. The summed E-state index contributed by atoms with van der Waals surface area (Å²) in [5.74, 6) is -1.62. The summed E-state index contributed by atoms with van der Waals surface area (Å²) in [7, 11) is -4.28. The van der Waals surface area contributed by atoms with Gasteiger partial charge in [-0.05, 0) is 74.4 Å². The molecule has 0 saturated heterocycles. The second-order valence-electron chi connectivity index (χ2n) is 9.05. The van der Waals surface area contributed by atoms with E-state index in [9.17, 15) is 22.4 Å². The van der Waals surface area contributed by atoms with Crippen molar-refractivity contribution in [1.29, 1.82) is 0 Å². The summed E-state index contributed by atoms with van der Waals surface area (Å²) in [6.07, 6.45) is 0.688. The number of carbonyl (C=O) groups is 2. The molecule has 0 bridgehead atoms. The van der Waals surface area contributed by atoms with Crippen molar-refractivity contribution < 1.29 is 22.4 Å². The number of carbonyl (C=O) groups excluding carboxylic acids is 2. The molecule has 2 atom stereocenters. The Morgan fingerprint density at radius 1 is 0.974 bits per heavy atom. The third-order valence-corrected chi connectivity index (χ3v) is 8.62. The minimum absolute atomic E-state index is 0.0663. The number of benzene rings is 3. The van der Waals surface area contributed by atoms with Crippen LogP contribution in [0, 0.1) is 5.82 Å². The Morgan fingerprint density at radius 2 is 1.62 bits per heavy atom. The average Bonchev–Trinajstić information content (AvgIpc) is 2.91. The quantitative estimate of drug-likeness (QED) is 0.311. The molecular formula is C28H30Cl2FN3O4S. The van der Waals surface area contributed by atoms with Crippen LogP contribution in [0.3, 0.4) is 0 Å². The zero-order valence-corrected chi connectivity index (χ0v) is 24.1. The highest BCUT2D eigenvalue weighted by molar-refractivity contribution is 7.92. The predicted octanol–water partition coefficient (Wildman–Crippen LogP) is 5.66. The normalized spacial score (nSPS) is 12.9. The van der Waals surface area contributed by atoms with Gasteiger partial charge in [0.25, 0.3) is 10.0 Å². The van der Waals surface area contributed by atoms with Crippen LogP contribution in [0.5, 0.6) is 0 Å². The third kappa shape index (κ3) is 7.71. The van der Waals surface area contributed by atoms with Crippen molar-refractivity contribution in [3.8, 4) is 0 Å². The van der Waals surface area contributed by atoms with E-state index in [0.29, 0.717) is 22.0 Å². The van der Waals surface area contributed by atoms with E-state index in [1.807, 2.05) is 13.8 Å². The van der Waals surface area contributed by atoms with Gasteiger partial charge >= 0.3 is 0 Å². The number of halogens is 3. The van der Waals surface area contributed by atoms with Crippen LogP contribution in [-0.2, 0) is 26.2 Å². The highest BCUT2D eigenvalue weighted by Gasteiger charge is 2.33. The molecule has 0 fully saturated rings. The molecule has 3 aromatic rings. The Morgan fingerprint density at radius 3 is 2.21 bits per heavy atom. The van der Waals surface area contributed by atoms with Gasteiger partial charge in [0.15, 0.2) is 0 Å². The summed E-state index contributed by atoms with van der Waals surface area (Å²) >= 11 is 12.4. The number of para-hydroxylation sites is 1. The second kappa shape index (κ2) is 13.3. The number of hydrogen-bond donors (Lipinski definition) is 1. The first-order valence-electron chi connectivity index (χ1n) is 12.3. The van der Waals surface area contributed by atoms with Gasteiger partial charge in [-0.1, -0.05) is 54.4 Å². The first-order valence-corrected chi connectivity index (χ1v) is 14.5. The number of anilines is 1. The molecule has 3 aromatic carbocycles. The van der Waals surface area contributed by atoms with Crippen molar-refractivity contribution in [3.63, 3.8) is 0 Å². The molecule has 11 heteroatoms. The molecule has 0 unspecified atom stereocenters. The van der Waals surface area contributed by atoms with Crippen LogP contribution in [-0.4, -0.2) is 43.8 Å². The number of amides is 2. The van der Waals surface area contributed by atoms with Crippen LogP contribution in [0.4, 0.5) is 10.1 Å². The lowest BCUT2D eigenvalue weighted by atomic mass is 10.1. The molecule has 0 spiro atoms. The van der Waals surface area contributed by atoms with E-state index in [2.05, 4.69) is 5.32 Å². The number of rotatable bonds is 11. The fourth-order valence-corrected chi connectivity index (χ4v) is 5.62. The number of nitrogens with one attached hydrogen (secondary N) is 1. The van der Waals surface area contributed by atoms with Gasteiger partial charge in [0.2, 0.25) is 11.8 Å². The SMILES string of the molecule is CC[C@@H](C)NC(=O)[C@H](C)N(Cc1ccc(Cl)cc1Cl)C(=O)CN(c1ccccc1)S(=O)(=O)c1ccc(F)cc1. The van der Waals surface area contributed by atoms with Crippen LogP contribution < -0.4 is 9.62 Å². The van der Waals surface area contributed by atoms with Crippen molar-refractivity contribution in [2.75, 3.05) is 10.8 Å². The van der Waals surface area contributed by atoms with Gasteiger partial charge in [0.1, 0.15) is 18.4 Å². The molecule has 1 N–H and O–H groups in total. The molecule has 0 aliphatic heterocycles. The summed E-state index contributed by atoms with van der Waals surface area (Å²) in [5.41, 5.74) is 0.765. The van der Waals surface area contributed by atoms with E-state index in [4.69, 9.17) is 23.2 Å². The number of nitrogens with zero attached hydrogens (tertiary/aromatic N) is 2. The molecular weight excluding hydrogens is 564 g/mol. The largest absolute Gasteiger partial charge is 0.352 e. The molecule has 0 aliphatic carbocycles. The van der Waals surface area contributed by atoms with Crippen LogP contribution in [0.2, 0.25) is 10.0 Å². The molecule has 0 aromatic heterocycles. The standard InChI is InChI=1S/C28H30Cl2FN3O4S/c1-4-19(2)32-28(36)20(3)33(17-21-10-11-22(29)16-26(21)30)27(35)18-34(24-8-6-5-7-9-24)39(37,38)25-14-12-23(31)13-15-25/h5-16,19-20H,4,17-18H2,1-3H3,(H,32,36)/t19-,20+/m1/s1. The lowest BCUT2D eigenvalue weighted by Crippen LogP contribution is -2.52. The predicted molar refractivity (Wildman–Crippen MR) is 152 cm³/mol. The van der Waals surface area contributed by atoms with E-state index in [-0.39, 0.29) is 23.2 Å². The summed E-state index contributed by atoms with van der Waals surface area (Å²) in [4.78, 5) is 28.0. The summed E-state index contributed by atoms with van der Waals surface area (Å²) in [5, 5.41) is 3.57. The molecule has 39 heavy (non-hydrogen) atoms. The highest BCUT2D eigenvalue weighted by atomic mass is 35.5. The van der Waals surface area contributed by atoms with Gasteiger partial charge in [0.05, 0.1) is 10.6 Å². The summed E-state index contributed by atoms with van der Waals surface area (Å²) < 4.78 is 41.8. The van der Waals surface area contributed by atoms with Gasteiger partial charge in [-0.15, -0.1) is 0 Å². The second-order valence-corrected chi connectivity index (χ2v) is 11.8. The first kappa shape index (κ1) is 30.4. The highest BCUT2D eigenvalue weighted by Crippen LogP contribution is 2.26. The van der Waals surface area contributed by atoms with E-state index >= 15 is 0 Å². The van der Waals surface area contributed by atoms with Gasteiger partial charge in [0, 0.05) is 22.6 Å². The Kier molecular flexibility index (Phi) is 10.4. The molecule has 0 aliphatic rings. The van der Waals surface area contributed by atoms with Gasteiger partial charge in [-0.3, -0.25) is 13.9 Å². The molecule has 0 radical (unpaired) electrons. The Hall–Kier alpha value is -3.14. The van der Waals surface area contributed by atoms with Crippen LogP contribution in [0.1, 0.15) is 32.8 Å². The number of sulfonamides is 1. The maximum absolute atomic E-state index is 13.9.